The fraction of sp³-hybridized carbons (Fsp3) is 0.286. The Morgan fingerprint density at radius 1 is 1.55 bits per heavy atom. The van der Waals surface area contributed by atoms with Crippen LogP contribution in [0.5, 0.6) is 0 Å². The molecule has 1 aliphatic heterocycles. The minimum atomic E-state index is -0.337. The number of nitrogens with zero attached hydrogens (tertiary/aromatic N) is 2. The monoisotopic (exact) mass is 289 g/mol. The molecule has 0 saturated heterocycles. The van der Waals surface area contributed by atoms with Gasteiger partial charge in [-0.05, 0) is 6.07 Å². The number of nitro groups is 1. The first-order chi connectivity index (χ1) is 9.70. The van der Waals surface area contributed by atoms with Gasteiger partial charge in [0.05, 0.1) is 10.6 Å². The number of benzene rings is 1. The summed E-state index contributed by atoms with van der Waals surface area (Å²) in [7, 11) is 0. The lowest BCUT2D eigenvalue weighted by atomic mass is 10.2. The predicted molar refractivity (Wildman–Crippen MR) is 82.6 cm³/mol. The lowest BCUT2D eigenvalue weighted by Gasteiger charge is -2.21. The van der Waals surface area contributed by atoms with E-state index in [1.807, 2.05) is 12.1 Å². The third kappa shape index (κ3) is 2.17. The van der Waals surface area contributed by atoms with Crippen LogP contribution in [0.4, 0.5) is 11.4 Å². The lowest BCUT2D eigenvalue weighted by Crippen LogP contribution is -2.28. The van der Waals surface area contributed by atoms with Crippen LogP contribution in [0.25, 0.3) is 10.1 Å². The topological polar surface area (TPSA) is 58.4 Å². The van der Waals surface area contributed by atoms with Crippen LogP contribution in [0.3, 0.4) is 0 Å². The van der Waals surface area contributed by atoms with Gasteiger partial charge in [0.25, 0.3) is 5.69 Å². The number of hydrogen-bond donors (Lipinski definition) is 1. The molecule has 0 unspecified atom stereocenters. The molecule has 0 bridgehead atoms. The van der Waals surface area contributed by atoms with E-state index in [1.54, 1.807) is 23.5 Å². The van der Waals surface area contributed by atoms with Gasteiger partial charge in [-0.3, -0.25) is 10.1 Å². The summed E-state index contributed by atoms with van der Waals surface area (Å²) >= 11 is 1.70. The van der Waals surface area contributed by atoms with Gasteiger partial charge in [-0.25, -0.2) is 0 Å². The fourth-order valence-corrected chi connectivity index (χ4v) is 3.75. The van der Waals surface area contributed by atoms with Gasteiger partial charge in [0, 0.05) is 53.3 Å². The SMILES string of the molecule is C=CCN1CCNCc2sc3ccc([N+](=O)[O-])cc3c21. The molecule has 2 heterocycles. The van der Waals surface area contributed by atoms with Crippen molar-refractivity contribution in [2.75, 3.05) is 24.5 Å². The highest BCUT2D eigenvalue weighted by Gasteiger charge is 2.21. The first-order valence-electron chi connectivity index (χ1n) is 6.47. The lowest BCUT2D eigenvalue weighted by molar-refractivity contribution is -0.384. The van der Waals surface area contributed by atoms with E-state index in [0.29, 0.717) is 0 Å². The number of hydrogen-bond acceptors (Lipinski definition) is 5. The highest BCUT2D eigenvalue weighted by atomic mass is 32.1. The zero-order valence-corrected chi connectivity index (χ0v) is 11.8. The van der Waals surface area contributed by atoms with Crippen molar-refractivity contribution in [3.8, 4) is 0 Å². The normalized spacial score (nSPS) is 14.9. The Balaban J connectivity index is 2.20. The summed E-state index contributed by atoms with van der Waals surface area (Å²) in [6.45, 7) is 7.16. The molecular formula is C14H15N3O2S. The zero-order valence-electron chi connectivity index (χ0n) is 11.0. The number of rotatable bonds is 3. The molecule has 20 heavy (non-hydrogen) atoms. The molecule has 0 saturated carbocycles. The van der Waals surface area contributed by atoms with Crippen molar-refractivity contribution in [2.45, 2.75) is 6.54 Å². The van der Waals surface area contributed by atoms with Gasteiger partial charge in [0.15, 0.2) is 0 Å². The van der Waals surface area contributed by atoms with Gasteiger partial charge < -0.3 is 10.2 Å². The van der Waals surface area contributed by atoms with E-state index in [9.17, 15) is 10.1 Å². The highest BCUT2D eigenvalue weighted by Crippen LogP contribution is 2.40. The molecule has 1 aliphatic rings. The minimum absolute atomic E-state index is 0.147. The van der Waals surface area contributed by atoms with Crippen LogP contribution in [-0.2, 0) is 6.54 Å². The number of anilines is 1. The van der Waals surface area contributed by atoms with Crippen molar-refractivity contribution in [2.24, 2.45) is 0 Å². The smallest absolute Gasteiger partial charge is 0.270 e. The molecule has 1 aromatic heterocycles. The van der Waals surface area contributed by atoms with Gasteiger partial charge in [-0.15, -0.1) is 17.9 Å². The number of thiophene rings is 1. The molecule has 0 amide bonds. The number of nitro benzene ring substituents is 1. The largest absolute Gasteiger partial charge is 0.365 e. The molecule has 0 aliphatic carbocycles. The fourth-order valence-electron chi connectivity index (χ4n) is 2.57. The molecule has 2 aromatic rings. The van der Waals surface area contributed by atoms with Crippen LogP contribution in [0.2, 0.25) is 0 Å². The maximum absolute atomic E-state index is 11.0. The van der Waals surface area contributed by atoms with E-state index in [-0.39, 0.29) is 10.6 Å². The molecule has 1 N–H and O–H groups in total. The second-order valence-corrected chi connectivity index (χ2v) is 5.86. The Morgan fingerprint density at radius 2 is 2.40 bits per heavy atom. The maximum Gasteiger partial charge on any atom is 0.270 e. The molecule has 0 fully saturated rings. The molecule has 1 aromatic carbocycles. The van der Waals surface area contributed by atoms with Crippen LogP contribution in [-0.4, -0.2) is 24.6 Å². The summed E-state index contributed by atoms with van der Waals surface area (Å²) in [6.07, 6.45) is 1.87. The van der Waals surface area contributed by atoms with Crippen molar-refractivity contribution in [1.82, 2.24) is 5.32 Å². The molecule has 3 rings (SSSR count). The molecule has 0 atom stereocenters. The van der Waals surface area contributed by atoms with Crippen LogP contribution < -0.4 is 10.2 Å². The van der Waals surface area contributed by atoms with Crippen LogP contribution in [0, 0.1) is 10.1 Å². The number of fused-ring (bicyclic) bond motifs is 3. The number of nitrogens with one attached hydrogen (secondary N) is 1. The average Bonchev–Trinajstić information content (AvgIpc) is 2.68. The van der Waals surface area contributed by atoms with Gasteiger partial charge in [-0.1, -0.05) is 6.08 Å². The Labute approximate surface area is 120 Å². The highest BCUT2D eigenvalue weighted by molar-refractivity contribution is 7.19. The van der Waals surface area contributed by atoms with E-state index < -0.39 is 0 Å². The standard InChI is InChI=1S/C14H15N3O2S/c1-2-6-16-7-5-15-9-13-14(16)11-8-10(17(18)19)3-4-12(11)20-13/h2-4,8,15H,1,5-7,9H2. The minimum Gasteiger partial charge on any atom is -0.365 e. The third-order valence-electron chi connectivity index (χ3n) is 3.44. The van der Waals surface area contributed by atoms with E-state index in [0.717, 1.165) is 42.0 Å². The van der Waals surface area contributed by atoms with Crippen LogP contribution in [0.15, 0.2) is 30.9 Å². The number of non-ortho nitro benzene ring substituents is 1. The van der Waals surface area contributed by atoms with Crippen LogP contribution >= 0.6 is 11.3 Å². The quantitative estimate of drug-likeness (QED) is 0.536. The third-order valence-corrected chi connectivity index (χ3v) is 4.60. The molecular weight excluding hydrogens is 274 g/mol. The summed E-state index contributed by atoms with van der Waals surface area (Å²) in [6, 6.07) is 5.11. The van der Waals surface area contributed by atoms with E-state index in [4.69, 9.17) is 0 Å². The van der Waals surface area contributed by atoms with Gasteiger partial charge in [-0.2, -0.15) is 0 Å². The van der Waals surface area contributed by atoms with Crippen molar-refractivity contribution in [1.29, 1.82) is 0 Å². The molecule has 0 radical (unpaired) electrons. The Kier molecular flexibility index (Phi) is 3.42. The predicted octanol–water partition coefficient (Wildman–Crippen LogP) is 2.91. The summed E-state index contributed by atoms with van der Waals surface area (Å²) in [4.78, 5) is 14.1. The van der Waals surface area contributed by atoms with E-state index in [1.165, 1.54) is 4.88 Å². The average molecular weight is 289 g/mol. The van der Waals surface area contributed by atoms with E-state index >= 15 is 0 Å². The van der Waals surface area contributed by atoms with Gasteiger partial charge in [0.2, 0.25) is 0 Å². The summed E-state index contributed by atoms with van der Waals surface area (Å²) in [5, 5.41) is 15.3. The van der Waals surface area contributed by atoms with Crippen molar-refractivity contribution < 1.29 is 4.92 Å². The Bertz CT molecular complexity index is 680. The molecule has 6 heteroatoms. The summed E-state index contributed by atoms with van der Waals surface area (Å²) in [5.74, 6) is 0. The van der Waals surface area contributed by atoms with Crippen molar-refractivity contribution >= 4 is 32.8 Å². The summed E-state index contributed by atoms with van der Waals surface area (Å²) < 4.78 is 1.10. The summed E-state index contributed by atoms with van der Waals surface area (Å²) in [5.41, 5.74) is 1.27. The second kappa shape index (κ2) is 5.22. The zero-order chi connectivity index (χ0) is 14.1. The first kappa shape index (κ1) is 13.1. The van der Waals surface area contributed by atoms with E-state index in [2.05, 4.69) is 16.8 Å². The second-order valence-electron chi connectivity index (χ2n) is 4.72. The Hall–Kier alpha value is -1.92. The van der Waals surface area contributed by atoms with Gasteiger partial charge >= 0.3 is 0 Å². The van der Waals surface area contributed by atoms with Gasteiger partial charge in [0.1, 0.15) is 0 Å². The van der Waals surface area contributed by atoms with Crippen molar-refractivity contribution in [3.05, 3.63) is 45.8 Å². The first-order valence-corrected chi connectivity index (χ1v) is 7.28. The Morgan fingerprint density at radius 3 is 3.15 bits per heavy atom. The molecule has 104 valence electrons. The van der Waals surface area contributed by atoms with Crippen molar-refractivity contribution in [3.63, 3.8) is 0 Å². The van der Waals surface area contributed by atoms with Crippen LogP contribution in [0.1, 0.15) is 4.88 Å². The maximum atomic E-state index is 11.0. The molecule has 5 nitrogen and oxygen atoms in total. The molecule has 0 spiro atoms.